The number of hydrogen-bond acceptors (Lipinski definition) is 1. The van der Waals surface area contributed by atoms with Gasteiger partial charge in [0, 0.05) is 17.2 Å². The van der Waals surface area contributed by atoms with Gasteiger partial charge in [0.15, 0.2) is 0 Å². The second kappa shape index (κ2) is 4.23. The Kier molecular flexibility index (Phi) is 3.48. The Balaban J connectivity index is 2.61. The summed E-state index contributed by atoms with van der Waals surface area (Å²) in [6.45, 7) is 6.73. The highest BCUT2D eigenvalue weighted by Crippen LogP contribution is 2.28. The molecule has 13 heavy (non-hydrogen) atoms. The summed E-state index contributed by atoms with van der Waals surface area (Å²) in [5, 5.41) is 0. The Morgan fingerprint density at radius 3 is 2.31 bits per heavy atom. The lowest BCUT2D eigenvalue weighted by molar-refractivity contribution is 0.398. The van der Waals surface area contributed by atoms with Crippen LogP contribution in [0, 0.1) is 5.41 Å². The molecule has 1 aromatic heterocycles. The van der Waals surface area contributed by atoms with E-state index in [9.17, 15) is 0 Å². The molecule has 1 atom stereocenters. The van der Waals surface area contributed by atoms with Gasteiger partial charge in [-0.2, -0.15) is 0 Å². The van der Waals surface area contributed by atoms with Crippen LogP contribution in [0.4, 0.5) is 0 Å². The van der Waals surface area contributed by atoms with Crippen LogP contribution in [0.25, 0.3) is 0 Å². The molecule has 0 amide bonds. The minimum absolute atomic E-state index is 0.309. The normalized spacial score (nSPS) is 14.2. The Hall–Kier alpha value is -0.370. The Bertz CT molecular complexity index is 251. The molecule has 0 bridgehead atoms. The minimum atomic E-state index is 0.309. The van der Waals surface area contributed by atoms with Gasteiger partial charge in [-0.1, -0.05) is 36.7 Å². The third kappa shape index (κ3) is 3.47. The van der Waals surface area contributed by atoms with E-state index in [4.69, 9.17) is 0 Å². The Morgan fingerprint density at radius 1 is 1.31 bits per heavy atom. The van der Waals surface area contributed by atoms with Crippen LogP contribution in [0.5, 0.6) is 0 Å². The third-order valence-electron chi connectivity index (χ3n) is 2.10. The van der Waals surface area contributed by atoms with Crippen molar-refractivity contribution in [2.75, 3.05) is 0 Å². The molecule has 1 heterocycles. The van der Waals surface area contributed by atoms with E-state index >= 15 is 0 Å². The number of alkyl halides is 1. The zero-order valence-corrected chi connectivity index (χ0v) is 10.0. The number of hydrogen-bond donors (Lipinski definition) is 0. The standard InChI is InChI=1S/C11H16BrN/c1-11(2,3)10(12)8-9-4-6-13-7-5-9/h4-7,10H,8H2,1-3H3. The lowest BCUT2D eigenvalue weighted by atomic mass is 9.89. The fourth-order valence-corrected chi connectivity index (χ4v) is 1.41. The molecular weight excluding hydrogens is 226 g/mol. The first-order valence-electron chi connectivity index (χ1n) is 4.53. The summed E-state index contributed by atoms with van der Waals surface area (Å²) >= 11 is 3.71. The fourth-order valence-electron chi connectivity index (χ4n) is 1.03. The van der Waals surface area contributed by atoms with Crippen molar-refractivity contribution < 1.29 is 0 Å². The average molecular weight is 242 g/mol. The van der Waals surface area contributed by atoms with Gasteiger partial charge in [-0.05, 0) is 29.5 Å². The molecule has 1 aromatic rings. The molecule has 2 heteroatoms. The number of aromatic nitrogens is 1. The van der Waals surface area contributed by atoms with Crippen LogP contribution in [0.2, 0.25) is 0 Å². The van der Waals surface area contributed by atoms with Crippen molar-refractivity contribution in [3.05, 3.63) is 30.1 Å². The van der Waals surface area contributed by atoms with Gasteiger partial charge in [0.05, 0.1) is 0 Å². The Labute approximate surface area is 88.7 Å². The predicted octanol–water partition coefficient (Wildman–Crippen LogP) is 3.43. The van der Waals surface area contributed by atoms with Crippen molar-refractivity contribution >= 4 is 15.9 Å². The SMILES string of the molecule is CC(C)(C)C(Br)Cc1ccncc1. The van der Waals surface area contributed by atoms with Crippen molar-refractivity contribution in [1.82, 2.24) is 4.98 Å². The van der Waals surface area contributed by atoms with Crippen molar-refractivity contribution in [3.8, 4) is 0 Å². The van der Waals surface area contributed by atoms with E-state index in [0.29, 0.717) is 10.2 Å². The molecule has 0 aliphatic heterocycles. The minimum Gasteiger partial charge on any atom is -0.265 e. The van der Waals surface area contributed by atoms with E-state index in [-0.39, 0.29) is 0 Å². The van der Waals surface area contributed by atoms with Crippen LogP contribution < -0.4 is 0 Å². The van der Waals surface area contributed by atoms with Crippen molar-refractivity contribution in [1.29, 1.82) is 0 Å². The first-order valence-corrected chi connectivity index (χ1v) is 5.44. The largest absolute Gasteiger partial charge is 0.265 e. The maximum absolute atomic E-state index is 4.00. The van der Waals surface area contributed by atoms with Gasteiger partial charge in [0.1, 0.15) is 0 Å². The van der Waals surface area contributed by atoms with Crippen molar-refractivity contribution in [3.63, 3.8) is 0 Å². The summed E-state index contributed by atoms with van der Waals surface area (Å²) in [6.07, 6.45) is 4.75. The topological polar surface area (TPSA) is 12.9 Å². The van der Waals surface area contributed by atoms with E-state index in [1.54, 1.807) is 0 Å². The summed E-state index contributed by atoms with van der Waals surface area (Å²) in [5.74, 6) is 0. The molecule has 72 valence electrons. The van der Waals surface area contributed by atoms with Crippen LogP contribution in [-0.4, -0.2) is 9.81 Å². The third-order valence-corrected chi connectivity index (χ3v) is 3.80. The maximum Gasteiger partial charge on any atom is 0.0270 e. The molecule has 1 rings (SSSR count). The second-order valence-electron chi connectivity index (χ2n) is 4.39. The smallest absolute Gasteiger partial charge is 0.0270 e. The molecule has 0 saturated heterocycles. The molecule has 0 aromatic carbocycles. The zero-order valence-electron chi connectivity index (χ0n) is 8.42. The molecule has 0 spiro atoms. The number of nitrogens with zero attached hydrogens (tertiary/aromatic N) is 1. The number of pyridine rings is 1. The van der Waals surface area contributed by atoms with Crippen LogP contribution in [0.3, 0.4) is 0 Å². The summed E-state index contributed by atoms with van der Waals surface area (Å²) in [7, 11) is 0. The summed E-state index contributed by atoms with van der Waals surface area (Å²) in [6, 6.07) is 4.14. The number of rotatable bonds is 2. The molecule has 0 fully saturated rings. The molecule has 0 radical (unpaired) electrons. The molecule has 0 N–H and O–H groups in total. The van der Waals surface area contributed by atoms with E-state index in [1.165, 1.54) is 5.56 Å². The zero-order chi connectivity index (χ0) is 9.90. The molecule has 1 nitrogen and oxygen atoms in total. The maximum atomic E-state index is 4.00. The lowest BCUT2D eigenvalue weighted by Crippen LogP contribution is -2.22. The molecule has 0 aliphatic carbocycles. The van der Waals surface area contributed by atoms with Gasteiger partial charge in [0.2, 0.25) is 0 Å². The highest BCUT2D eigenvalue weighted by molar-refractivity contribution is 9.09. The van der Waals surface area contributed by atoms with Crippen LogP contribution in [0.15, 0.2) is 24.5 Å². The molecule has 1 unspecified atom stereocenters. The highest BCUT2D eigenvalue weighted by Gasteiger charge is 2.21. The van der Waals surface area contributed by atoms with E-state index < -0.39 is 0 Å². The highest BCUT2D eigenvalue weighted by atomic mass is 79.9. The summed E-state index contributed by atoms with van der Waals surface area (Å²) in [5.41, 5.74) is 1.65. The monoisotopic (exact) mass is 241 g/mol. The average Bonchev–Trinajstić information content (AvgIpc) is 2.04. The van der Waals surface area contributed by atoms with Gasteiger partial charge in [-0.25, -0.2) is 0 Å². The first-order chi connectivity index (χ1) is 6.00. The van der Waals surface area contributed by atoms with Gasteiger partial charge >= 0.3 is 0 Å². The van der Waals surface area contributed by atoms with E-state index in [2.05, 4.69) is 53.8 Å². The van der Waals surface area contributed by atoms with Gasteiger partial charge in [-0.15, -0.1) is 0 Å². The fraction of sp³-hybridized carbons (Fsp3) is 0.545. The Morgan fingerprint density at radius 2 is 1.85 bits per heavy atom. The first kappa shape index (κ1) is 10.7. The second-order valence-corrected chi connectivity index (χ2v) is 5.50. The molecule has 0 saturated carbocycles. The van der Waals surface area contributed by atoms with Crippen LogP contribution in [0.1, 0.15) is 26.3 Å². The van der Waals surface area contributed by atoms with Crippen LogP contribution >= 0.6 is 15.9 Å². The quantitative estimate of drug-likeness (QED) is 0.724. The van der Waals surface area contributed by atoms with Crippen molar-refractivity contribution in [2.24, 2.45) is 5.41 Å². The number of halogens is 1. The van der Waals surface area contributed by atoms with Gasteiger partial charge in [0.25, 0.3) is 0 Å². The molecular formula is C11H16BrN. The van der Waals surface area contributed by atoms with E-state index in [0.717, 1.165) is 6.42 Å². The predicted molar refractivity (Wildman–Crippen MR) is 60.1 cm³/mol. The van der Waals surface area contributed by atoms with Gasteiger partial charge < -0.3 is 0 Å². The lowest BCUT2D eigenvalue weighted by Gasteiger charge is -2.25. The van der Waals surface area contributed by atoms with E-state index in [1.807, 2.05) is 12.4 Å². The summed E-state index contributed by atoms with van der Waals surface area (Å²) < 4.78 is 0. The molecule has 0 aliphatic rings. The summed E-state index contributed by atoms with van der Waals surface area (Å²) in [4.78, 5) is 4.52. The van der Waals surface area contributed by atoms with Crippen LogP contribution in [-0.2, 0) is 6.42 Å². The van der Waals surface area contributed by atoms with Crippen molar-refractivity contribution in [2.45, 2.75) is 32.0 Å². The van der Waals surface area contributed by atoms with Gasteiger partial charge in [-0.3, -0.25) is 4.98 Å².